The molecular formula is C15H15Cl2NO. The fraction of sp³-hybridized carbons (Fsp3) is 0.200. The number of hydrogen-bond acceptors (Lipinski definition) is 2. The molecule has 0 atom stereocenters. The summed E-state index contributed by atoms with van der Waals surface area (Å²) in [6, 6.07) is 11.2. The van der Waals surface area contributed by atoms with Gasteiger partial charge in [0.05, 0.1) is 0 Å². The van der Waals surface area contributed by atoms with Crippen molar-refractivity contribution in [2.24, 2.45) is 0 Å². The number of halogens is 2. The highest BCUT2D eigenvalue weighted by molar-refractivity contribution is 6.31. The molecule has 0 aliphatic carbocycles. The van der Waals surface area contributed by atoms with Crippen LogP contribution in [0.1, 0.15) is 11.1 Å². The normalized spacial score (nSPS) is 10.5. The number of aryl methyl sites for hydroxylation is 1. The van der Waals surface area contributed by atoms with E-state index in [4.69, 9.17) is 27.9 Å². The Bertz CT molecular complexity index is 584. The molecule has 0 spiro atoms. The second-order valence-electron chi connectivity index (χ2n) is 4.30. The highest BCUT2D eigenvalue weighted by atomic mass is 35.5. The monoisotopic (exact) mass is 295 g/mol. The van der Waals surface area contributed by atoms with Gasteiger partial charge in [0.2, 0.25) is 0 Å². The van der Waals surface area contributed by atoms with E-state index in [1.807, 2.05) is 50.4 Å². The van der Waals surface area contributed by atoms with Crippen LogP contribution in [0.2, 0.25) is 10.0 Å². The summed E-state index contributed by atoms with van der Waals surface area (Å²) >= 11 is 12.0. The lowest BCUT2D eigenvalue weighted by atomic mass is 10.2. The molecule has 0 amide bonds. The molecule has 0 aromatic heterocycles. The third-order valence-electron chi connectivity index (χ3n) is 2.75. The predicted molar refractivity (Wildman–Crippen MR) is 80.5 cm³/mol. The maximum absolute atomic E-state index is 6.00. The van der Waals surface area contributed by atoms with Crippen LogP contribution < -0.4 is 10.1 Å². The van der Waals surface area contributed by atoms with Gasteiger partial charge in [0.15, 0.2) is 0 Å². The molecule has 0 aliphatic heterocycles. The third kappa shape index (κ3) is 3.63. The molecular weight excluding hydrogens is 281 g/mol. The van der Waals surface area contributed by atoms with E-state index in [2.05, 4.69) is 5.32 Å². The van der Waals surface area contributed by atoms with Crippen molar-refractivity contribution in [3.63, 3.8) is 0 Å². The lowest BCUT2D eigenvalue weighted by Gasteiger charge is -2.12. The third-order valence-corrected chi connectivity index (χ3v) is 3.41. The zero-order valence-electron chi connectivity index (χ0n) is 10.8. The first kappa shape index (κ1) is 14.2. The van der Waals surface area contributed by atoms with Crippen LogP contribution >= 0.6 is 23.2 Å². The summed E-state index contributed by atoms with van der Waals surface area (Å²) in [7, 11) is 1.89. The zero-order chi connectivity index (χ0) is 13.8. The molecule has 0 saturated carbocycles. The summed E-state index contributed by atoms with van der Waals surface area (Å²) in [5, 5.41) is 4.53. The van der Waals surface area contributed by atoms with Crippen molar-refractivity contribution in [3.8, 4) is 11.5 Å². The van der Waals surface area contributed by atoms with Crippen molar-refractivity contribution in [2.75, 3.05) is 7.05 Å². The number of nitrogens with one attached hydrogen (secondary N) is 1. The standard InChI is InChI=1S/C15H15Cl2NO/c1-10-7-13(4-5-14(10)17)19-15-6-3-12(16)8-11(15)9-18-2/h3-8,18H,9H2,1-2H3. The Morgan fingerprint density at radius 2 is 1.89 bits per heavy atom. The molecule has 19 heavy (non-hydrogen) atoms. The molecule has 0 aliphatic rings. The Kier molecular flexibility index (Phi) is 4.70. The predicted octanol–water partition coefficient (Wildman–Crippen LogP) is 4.81. The lowest BCUT2D eigenvalue weighted by Crippen LogP contribution is -2.06. The van der Waals surface area contributed by atoms with Gasteiger partial charge in [-0.2, -0.15) is 0 Å². The van der Waals surface area contributed by atoms with Crippen molar-refractivity contribution >= 4 is 23.2 Å². The summed E-state index contributed by atoms with van der Waals surface area (Å²) in [6.45, 7) is 2.65. The first-order valence-electron chi connectivity index (χ1n) is 5.97. The van der Waals surface area contributed by atoms with Crippen molar-refractivity contribution in [3.05, 3.63) is 57.6 Å². The van der Waals surface area contributed by atoms with Gasteiger partial charge < -0.3 is 10.1 Å². The molecule has 0 saturated heterocycles. The number of ether oxygens (including phenoxy) is 1. The Morgan fingerprint density at radius 1 is 1.11 bits per heavy atom. The first-order valence-corrected chi connectivity index (χ1v) is 6.73. The second kappa shape index (κ2) is 6.29. The molecule has 4 heteroatoms. The van der Waals surface area contributed by atoms with Crippen LogP contribution in [0.4, 0.5) is 0 Å². The average molecular weight is 296 g/mol. The Hall–Kier alpha value is -1.22. The van der Waals surface area contributed by atoms with Gasteiger partial charge in [0.25, 0.3) is 0 Å². The summed E-state index contributed by atoms with van der Waals surface area (Å²) in [4.78, 5) is 0. The summed E-state index contributed by atoms with van der Waals surface area (Å²) in [5.74, 6) is 1.56. The van der Waals surface area contributed by atoms with Crippen LogP contribution in [0.15, 0.2) is 36.4 Å². The first-order chi connectivity index (χ1) is 9.10. The maximum atomic E-state index is 6.00. The molecule has 0 fully saturated rings. The minimum Gasteiger partial charge on any atom is -0.457 e. The van der Waals surface area contributed by atoms with Gasteiger partial charge in [-0.1, -0.05) is 23.2 Å². The summed E-state index contributed by atoms with van der Waals surface area (Å²) in [6.07, 6.45) is 0. The molecule has 0 radical (unpaired) electrons. The van der Waals surface area contributed by atoms with Crippen LogP contribution in [0.3, 0.4) is 0 Å². The Labute approximate surface area is 123 Å². The average Bonchev–Trinajstić information content (AvgIpc) is 2.37. The minimum atomic E-state index is 0.697. The Balaban J connectivity index is 2.29. The SMILES string of the molecule is CNCc1cc(Cl)ccc1Oc1ccc(Cl)c(C)c1. The molecule has 2 aromatic rings. The molecule has 2 aromatic carbocycles. The van der Waals surface area contributed by atoms with Crippen LogP contribution in [0, 0.1) is 6.92 Å². The summed E-state index contributed by atoms with van der Waals surface area (Å²) < 4.78 is 5.90. The summed E-state index contributed by atoms with van der Waals surface area (Å²) in [5.41, 5.74) is 2.01. The van der Waals surface area contributed by atoms with E-state index in [-0.39, 0.29) is 0 Å². The van der Waals surface area contributed by atoms with Crippen LogP contribution in [-0.2, 0) is 6.54 Å². The van der Waals surface area contributed by atoms with E-state index in [9.17, 15) is 0 Å². The maximum Gasteiger partial charge on any atom is 0.132 e. The van der Waals surface area contributed by atoms with Crippen LogP contribution in [0.25, 0.3) is 0 Å². The van der Waals surface area contributed by atoms with Gasteiger partial charge in [-0.05, 0) is 55.9 Å². The highest BCUT2D eigenvalue weighted by Crippen LogP contribution is 2.30. The van der Waals surface area contributed by atoms with Gasteiger partial charge in [-0.15, -0.1) is 0 Å². The second-order valence-corrected chi connectivity index (χ2v) is 5.14. The van der Waals surface area contributed by atoms with Gasteiger partial charge in [-0.25, -0.2) is 0 Å². The van der Waals surface area contributed by atoms with Crippen molar-refractivity contribution < 1.29 is 4.74 Å². The molecule has 0 unspecified atom stereocenters. The molecule has 1 N–H and O–H groups in total. The van der Waals surface area contributed by atoms with E-state index in [0.717, 1.165) is 27.6 Å². The van der Waals surface area contributed by atoms with E-state index in [0.29, 0.717) is 11.6 Å². The lowest BCUT2D eigenvalue weighted by molar-refractivity contribution is 0.474. The van der Waals surface area contributed by atoms with Gasteiger partial charge in [-0.3, -0.25) is 0 Å². The number of rotatable bonds is 4. The van der Waals surface area contributed by atoms with Gasteiger partial charge in [0.1, 0.15) is 11.5 Å². The van der Waals surface area contributed by atoms with Crippen LogP contribution in [0.5, 0.6) is 11.5 Å². The zero-order valence-corrected chi connectivity index (χ0v) is 12.3. The van der Waals surface area contributed by atoms with Gasteiger partial charge >= 0.3 is 0 Å². The number of benzene rings is 2. The fourth-order valence-corrected chi connectivity index (χ4v) is 2.10. The molecule has 0 bridgehead atoms. The molecule has 2 rings (SSSR count). The Morgan fingerprint density at radius 3 is 2.58 bits per heavy atom. The molecule has 2 nitrogen and oxygen atoms in total. The van der Waals surface area contributed by atoms with E-state index in [1.54, 1.807) is 0 Å². The quantitative estimate of drug-likeness (QED) is 0.874. The van der Waals surface area contributed by atoms with Crippen molar-refractivity contribution in [2.45, 2.75) is 13.5 Å². The van der Waals surface area contributed by atoms with E-state index >= 15 is 0 Å². The molecule has 0 heterocycles. The van der Waals surface area contributed by atoms with Gasteiger partial charge in [0, 0.05) is 22.2 Å². The van der Waals surface area contributed by atoms with Crippen molar-refractivity contribution in [1.82, 2.24) is 5.32 Å². The number of hydrogen-bond donors (Lipinski definition) is 1. The van der Waals surface area contributed by atoms with Crippen LogP contribution in [-0.4, -0.2) is 7.05 Å². The van der Waals surface area contributed by atoms with E-state index in [1.165, 1.54) is 0 Å². The largest absolute Gasteiger partial charge is 0.457 e. The minimum absolute atomic E-state index is 0.697. The van der Waals surface area contributed by atoms with E-state index < -0.39 is 0 Å². The highest BCUT2D eigenvalue weighted by Gasteiger charge is 2.06. The van der Waals surface area contributed by atoms with Crippen molar-refractivity contribution in [1.29, 1.82) is 0 Å². The molecule has 100 valence electrons. The fourth-order valence-electron chi connectivity index (χ4n) is 1.78. The topological polar surface area (TPSA) is 21.3 Å². The smallest absolute Gasteiger partial charge is 0.132 e.